The minimum atomic E-state index is 0.529. The van der Waals surface area contributed by atoms with Crippen molar-refractivity contribution in [1.29, 1.82) is 0 Å². The van der Waals surface area contributed by atoms with Crippen molar-refractivity contribution in [1.82, 2.24) is 4.98 Å². The first-order chi connectivity index (χ1) is 8.29. The average Bonchev–Trinajstić information content (AvgIpc) is 2.31. The highest BCUT2D eigenvalue weighted by Crippen LogP contribution is 2.41. The van der Waals surface area contributed by atoms with E-state index in [-0.39, 0.29) is 0 Å². The summed E-state index contributed by atoms with van der Waals surface area (Å²) in [6.45, 7) is 5.92. The summed E-state index contributed by atoms with van der Waals surface area (Å²) in [5, 5.41) is 0. The molecule has 1 aliphatic rings. The number of fused-ring (bicyclic) bond motifs is 1. The summed E-state index contributed by atoms with van der Waals surface area (Å²) in [5.74, 6) is 0.529. The van der Waals surface area contributed by atoms with E-state index in [0.29, 0.717) is 5.92 Å². The maximum absolute atomic E-state index is 4.34. The zero-order chi connectivity index (χ0) is 11.8. The fourth-order valence-corrected chi connectivity index (χ4v) is 2.60. The normalized spacial score (nSPS) is 17.1. The van der Waals surface area contributed by atoms with Crippen LogP contribution in [-0.2, 0) is 6.42 Å². The Kier molecular flexibility index (Phi) is 2.32. The van der Waals surface area contributed by atoms with Gasteiger partial charge in [0.25, 0.3) is 0 Å². The molecule has 0 N–H and O–H groups in total. The number of aryl methyl sites for hydroxylation is 1. The van der Waals surface area contributed by atoms with Crippen LogP contribution in [0.1, 0.15) is 33.9 Å². The summed E-state index contributed by atoms with van der Waals surface area (Å²) < 4.78 is 0. The number of hydrogen-bond acceptors (Lipinski definition) is 1. The van der Waals surface area contributed by atoms with Crippen molar-refractivity contribution in [2.45, 2.75) is 19.3 Å². The number of benzene rings is 1. The average molecular weight is 221 g/mol. The molecule has 1 aromatic carbocycles. The van der Waals surface area contributed by atoms with Gasteiger partial charge in [-0.05, 0) is 41.7 Å². The molecule has 17 heavy (non-hydrogen) atoms. The molecule has 1 heteroatoms. The summed E-state index contributed by atoms with van der Waals surface area (Å²) in [6.07, 6.45) is 4.97. The van der Waals surface area contributed by atoms with Gasteiger partial charge in [0.15, 0.2) is 0 Å². The van der Waals surface area contributed by atoms with Gasteiger partial charge in [-0.3, -0.25) is 4.98 Å². The molecule has 0 amide bonds. The Morgan fingerprint density at radius 3 is 2.88 bits per heavy atom. The predicted molar refractivity (Wildman–Crippen MR) is 71.1 cm³/mol. The van der Waals surface area contributed by atoms with Crippen LogP contribution in [0.2, 0.25) is 0 Å². The molecule has 0 bridgehead atoms. The molecule has 1 aromatic heterocycles. The van der Waals surface area contributed by atoms with Crippen LogP contribution < -0.4 is 0 Å². The molecule has 0 saturated heterocycles. The largest absolute Gasteiger partial charge is 0.261 e. The lowest BCUT2D eigenvalue weighted by molar-refractivity contribution is 0.704. The van der Waals surface area contributed by atoms with Crippen LogP contribution in [0, 0.1) is 6.92 Å². The lowest BCUT2D eigenvalue weighted by atomic mass is 9.73. The van der Waals surface area contributed by atoms with Crippen LogP contribution in [-0.4, -0.2) is 4.98 Å². The number of hydrogen-bond donors (Lipinski definition) is 0. The Hall–Kier alpha value is -1.89. The van der Waals surface area contributed by atoms with Gasteiger partial charge >= 0.3 is 0 Å². The van der Waals surface area contributed by atoms with Crippen LogP contribution in [0.3, 0.4) is 0 Å². The maximum atomic E-state index is 4.34. The Balaban J connectivity index is 2.08. The Morgan fingerprint density at radius 1 is 1.29 bits per heavy atom. The van der Waals surface area contributed by atoms with Gasteiger partial charge in [0.05, 0.1) is 0 Å². The summed E-state index contributed by atoms with van der Waals surface area (Å²) in [6, 6.07) is 10.9. The van der Waals surface area contributed by atoms with E-state index in [1.807, 2.05) is 19.2 Å². The summed E-state index contributed by atoms with van der Waals surface area (Å²) in [5.41, 5.74) is 6.54. The first-order valence-corrected chi connectivity index (χ1v) is 5.96. The van der Waals surface area contributed by atoms with Gasteiger partial charge in [-0.15, -0.1) is 0 Å². The lowest BCUT2D eigenvalue weighted by Crippen LogP contribution is -2.19. The molecule has 0 saturated carbocycles. The third-order valence-corrected chi connectivity index (χ3v) is 3.55. The van der Waals surface area contributed by atoms with Crippen LogP contribution >= 0.6 is 0 Å². The highest BCUT2D eigenvalue weighted by Gasteiger charge is 2.28. The summed E-state index contributed by atoms with van der Waals surface area (Å²) in [4.78, 5) is 4.34. The van der Waals surface area contributed by atoms with Crippen molar-refractivity contribution >= 4 is 6.08 Å². The zero-order valence-corrected chi connectivity index (χ0v) is 9.98. The second-order valence-corrected chi connectivity index (χ2v) is 4.61. The fourth-order valence-electron chi connectivity index (χ4n) is 2.60. The highest BCUT2D eigenvalue weighted by molar-refractivity contribution is 5.57. The van der Waals surface area contributed by atoms with E-state index in [4.69, 9.17) is 0 Å². The van der Waals surface area contributed by atoms with Gasteiger partial charge in [0.2, 0.25) is 0 Å². The Bertz CT molecular complexity index is 584. The molecule has 1 atom stereocenters. The third kappa shape index (κ3) is 1.59. The molecule has 2 aromatic rings. The lowest BCUT2D eigenvalue weighted by Gasteiger charge is -2.31. The molecule has 0 aliphatic heterocycles. The first-order valence-electron chi connectivity index (χ1n) is 5.96. The molecule has 1 unspecified atom stereocenters. The minimum absolute atomic E-state index is 0.529. The third-order valence-electron chi connectivity index (χ3n) is 3.55. The van der Waals surface area contributed by atoms with Crippen LogP contribution in [0.25, 0.3) is 6.08 Å². The van der Waals surface area contributed by atoms with Gasteiger partial charge in [-0.25, -0.2) is 0 Å². The number of pyridine rings is 1. The molecule has 0 spiro atoms. The van der Waals surface area contributed by atoms with E-state index < -0.39 is 0 Å². The molecule has 0 radical (unpaired) electrons. The molecular formula is C16H15N. The maximum Gasteiger partial charge on any atom is 0.0376 e. The van der Waals surface area contributed by atoms with E-state index in [2.05, 4.69) is 41.9 Å². The fraction of sp³-hybridized carbons (Fsp3) is 0.188. The number of nitrogens with zero attached hydrogens (tertiary/aromatic N) is 1. The van der Waals surface area contributed by atoms with E-state index in [1.165, 1.54) is 16.7 Å². The summed E-state index contributed by atoms with van der Waals surface area (Å²) in [7, 11) is 0. The summed E-state index contributed by atoms with van der Waals surface area (Å²) >= 11 is 0. The quantitative estimate of drug-likeness (QED) is 0.753. The van der Waals surface area contributed by atoms with Gasteiger partial charge in [0.1, 0.15) is 0 Å². The molecular weight excluding hydrogens is 206 g/mol. The topological polar surface area (TPSA) is 12.9 Å². The van der Waals surface area contributed by atoms with Gasteiger partial charge < -0.3 is 0 Å². The van der Waals surface area contributed by atoms with E-state index in [1.54, 1.807) is 0 Å². The zero-order valence-electron chi connectivity index (χ0n) is 9.98. The van der Waals surface area contributed by atoms with Gasteiger partial charge in [-0.1, -0.05) is 36.9 Å². The van der Waals surface area contributed by atoms with Crippen molar-refractivity contribution in [3.63, 3.8) is 0 Å². The van der Waals surface area contributed by atoms with Gasteiger partial charge in [-0.2, -0.15) is 0 Å². The standard InChI is InChI=1S/C16H15N/c1-3-12-10-17-11(2)8-15(12)16-9-13-6-4-5-7-14(13)16/h3-8,10,16H,1,9H2,2H3. The molecule has 1 aliphatic carbocycles. The second kappa shape index (κ2) is 3.85. The van der Waals surface area contributed by atoms with Crippen molar-refractivity contribution in [2.24, 2.45) is 0 Å². The molecule has 0 fully saturated rings. The molecule has 1 nitrogen and oxygen atoms in total. The number of aromatic nitrogens is 1. The second-order valence-electron chi connectivity index (χ2n) is 4.61. The van der Waals surface area contributed by atoms with E-state index in [0.717, 1.165) is 17.7 Å². The highest BCUT2D eigenvalue weighted by atomic mass is 14.7. The SMILES string of the molecule is C=Cc1cnc(C)cc1C1Cc2ccccc21. The van der Waals surface area contributed by atoms with Crippen LogP contribution in [0.5, 0.6) is 0 Å². The van der Waals surface area contributed by atoms with Gasteiger partial charge in [0, 0.05) is 17.8 Å². The van der Waals surface area contributed by atoms with Crippen molar-refractivity contribution in [3.05, 3.63) is 71.1 Å². The molecule has 3 rings (SSSR count). The predicted octanol–water partition coefficient (Wildman–Crippen LogP) is 3.72. The van der Waals surface area contributed by atoms with Crippen molar-refractivity contribution < 1.29 is 0 Å². The van der Waals surface area contributed by atoms with E-state index in [9.17, 15) is 0 Å². The number of rotatable bonds is 2. The molecule has 84 valence electrons. The Morgan fingerprint density at radius 2 is 2.12 bits per heavy atom. The Labute approximate surface area is 102 Å². The smallest absolute Gasteiger partial charge is 0.0376 e. The van der Waals surface area contributed by atoms with E-state index >= 15 is 0 Å². The first kappa shape index (κ1) is 10.3. The van der Waals surface area contributed by atoms with Crippen LogP contribution in [0.15, 0.2) is 43.1 Å². The van der Waals surface area contributed by atoms with Crippen LogP contribution in [0.4, 0.5) is 0 Å². The molecule has 1 heterocycles. The van der Waals surface area contributed by atoms with Crippen molar-refractivity contribution in [2.75, 3.05) is 0 Å². The van der Waals surface area contributed by atoms with Crippen molar-refractivity contribution in [3.8, 4) is 0 Å². The minimum Gasteiger partial charge on any atom is -0.261 e. The monoisotopic (exact) mass is 221 g/mol.